The summed E-state index contributed by atoms with van der Waals surface area (Å²) in [6, 6.07) is 6.41. The number of hydrogen-bond donors (Lipinski definition) is 1. The van der Waals surface area contributed by atoms with Gasteiger partial charge in [0.2, 0.25) is 0 Å². The standard InChI is InChI=1S/C16H21NO/c1-10-7-11(2)15(12(3)8-10)9-16(17)14-5-6-18-13(14)4/h5-8,16H,9,17H2,1-4H3. The molecule has 2 heteroatoms. The fraction of sp³-hybridized carbons (Fsp3) is 0.375. The van der Waals surface area contributed by atoms with Crippen molar-refractivity contribution in [2.75, 3.05) is 0 Å². The number of benzene rings is 1. The summed E-state index contributed by atoms with van der Waals surface area (Å²) in [5.41, 5.74) is 12.7. The van der Waals surface area contributed by atoms with Gasteiger partial charge in [0.05, 0.1) is 6.26 Å². The molecule has 1 heterocycles. The van der Waals surface area contributed by atoms with E-state index in [9.17, 15) is 0 Å². The first-order valence-corrected chi connectivity index (χ1v) is 6.35. The summed E-state index contributed by atoms with van der Waals surface area (Å²) in [4.78, 5) is 0. The SMILES string of the molecule is Cc1cc(C)c(CC(N)c2ccoc2C)c(C)c1. The molecule has 96 valence electrons. The van der Waals surface area contributed by atoms with Gasteiger partial charge in [-0.2, -0.15) is 0 Å². The molecule has 0 spiro atoms. The molecule has 18 heavy (non-hydrogen) atoms. The molecule has 0 radical (unpaired) electrons. The summed E-state index contributed by atoms with van der Waals surface area (Å²) in [6.07, 6.45) is 2.57. The third-order valence-corrected chi connectivity index (χ3v) is 3.56. The molecular weight excluding hydrogens is 222 g/mol. The molecule has 0 amide bonds. The van der Waals surface area contributed by atoms with Crippen molar-refractivity contribution in [2.24, 2.45) is 5.73 Å². The van der Waals surface area contributed by atoms with Crippen molar-refractivity contribution in [1.82, 2.24) is 0 Å². The average molecular weight is 243 g/mol. The van der Waals surface area contributed by atoms with Crippen LogP contribution in [0.3, 0.4) is 0 Å². The van der Waals surface area contributed by atoms with Crippen molar-refractivity contribution >= 4 is 0 Å². The molecule has 0 saturated heterocycles. The first kappa shape index (κ1) is 12.9. The van der Waals surface area contributed by atoms with Gasteiger partial charge in [0.1, 0.15) is 5.76 Å². The van der Waals surface area contributed by atoms with Crippen LogP contribution in [0.25, 0.3) is 0 Å². The zero-order valence-corrected chi connectivity index (χ0v) is 11.6. The van der Waals surface area contributed by atoms with Gasteiger partial charge >= 0.3 is 0 Å². The van der Waals surface area contributed by atoms with Gasteiger partial charge in [-0.25, -0.2) is 0 Å². The Hall–Kier alpha value is -1.54. The number of furan rings is 1. The first-order valence-electron chi connectivity index (χ1n) is 6.35. The van der Waals surface area contributed by atoms with E-state index in [0.29, 0.717) is 0 Å². The number of hydrogen-bond acceptors (Lipinski definition) is 2. The van der Waals surface area contributed by atoms with Gasteiger partial charge in [-0.1, -0.05) is 17.7 Å². The van der Waals surface area contributed by atoms with E-state index in [4.69, 9.17) is 10.2 Å². The Morgan fingerprint density at radius 1 is 1.11 bits per heavy atom. The maximum atomic E-state index is 6.29. The van der Waals surface area contributed by atoms with E-state index in [1.807, 2.05) is 13.0 Å². The molecule has 1 aromatic heterocycles. The van der Waals surface area contributed by atoms with Gasteiger partial charge in [-0.3, -0.25) is 0 Å². The van der Waals surface area contributed by atoms with E-state index in [1.165, 1.54) is 22.3 Å². The molecular formula is C16H21NO. The van der Waals surface area contributed by atoms with Crippen LogP contribution >= 0.6 is 0 Å². The van der Waals surface area contributed by atoms with Gasteiger partial charge in [-0.15, -0.1) is 0 Å². The quantitative estimate of drug-likeness (QED) is 0.891. The van der Waals surface area contributed by atoms with Gasteiger partial charge in [0, 0.05) is 11.6 Å². The van der Waals surface area contributed by atoms with Crippen LogP contribution in [0.4, 0.5) is 0 Å². The Morgan fingerprint density at radius 3 is 2.22 bits per heavy atom. The Balaban J connectivity index is 2.27. The molecule has 2 N–H and O–H groups in total. The highest BCUT2D eigenvalue weighted by atomic mass is 16.3. The maximum Gasteiger partial charge on any atom is 0.105 e. The second-order valence-corrected chi connectivity index (χ2v) is 5.12. The molecule has 1 atom stereocenters. The molecule has 0 aliphatic carbocycles. The van der Waals surface area contributed by atoms with Gasteiger partial charge in [0.25, 0.3) is 0 Å². The lowest BCUT2D eigenvalue weighted by atomic mass is 9.92. The van der Waals surface area contributed by atoms with Crippen molar-refractivity contribution < 1.29 is 4.42 Å². The zero-order chi connectivity index (χ0) is 13.3. The van der Waals surface area contributed by atoms with E-state index in [0.717, 1.165) is 17.7 Å². The predicted octanol–water partition coefficient (Wildman–Crippen LogP) is 3.76. The minimum Gasteiger partial charge on any atom is -0.469 e. The number of nitrogens with two attached hydrogens (primary N) is 1. The third kappa shape index (κ3) is 2.49. The van der Waals surface area contributed by atoms with Crippen LogP contribution < -0.4 is 5.73 Å². The van der Waals surface area contributed by atoms with Crippen molar-refractivity contribution in [3.63, 3.8) is 0 Å². The van der Waals surface area contributed by atoms with Crippen LogP contribution in [0.15, 0.2) is 28.9 Å². The first-order chi connectivity index (χ1) is 8.49. The normalized spacial score (nSPS) is 12.7. The lowest BCUT2D eigenvalue weighted by molar-refractivity contribution is 0.523. The Morgan fingerprint density at radius 2 is 1.72 bits per heavy atom. The maximum absolute atomic E-state index is 6.29. The molecule has 0 aliphatic rings. The molecule has 0 fully saturated rings. The monoisotopic (exact) mass is 243 g/mol. The summed E-state index contributed by atoms with van der Waals surface area (Å²) >= 11 is 0. The number of aryl methyl sites for hydroxylation is 4. The highest BCUT2D eigenvalue weighted by Crippen LogP contribution is 2.24. The van der Waals surface area contributed by atoms with E-state index in [-0.39, 0.29) is 6.04 Å². The van der Waals surface area contributed by atoms with E-state index in [1.54, 1.807) is 6.26 Å². The zero-order valence-electron chi connectivity index (χ0n) is 11.6. The van der Waals surface area contributed by atoms with Gasteiger partial charge < -0.3 is 10.2 Å². The molecule has 2 nitrogen and oxygen atoms in total. The van der Waals surface area contributed by atoms with Crippen LogP contribution in [-0.2, 0) is 6.42 Å². The molecule has 0 bridgehead atoms. The van der Waals surface area contributed by atoms with Crippen molar-refractivity contribution in [3.05, 3.63) is 58.0 Å². The van der Waals surface area contributed by atoms with E-state index >= 15 is 0 Å². The summed E-state index contributed by atoms with van der Waals surface area (Å²) in [6.45, 7) is 8.41. The third-order valence-electron chi connectivity index (χ3n) is 3.56. The Bertz CT molecular complexity index is 531. The van der Waals surface area contributed by atoms with Crippen LogP contribution in [-0.4, -0.2) is 0 Å². The van der Waals surface area contributed by atoms with Crippen LogP contribution in [0, 0.1) is 27.7 Å². The summed E-state index contributed by atoms with van der Waals surface area (Å²) in [7, 11) is 0. The fourth-order valence-corrected chi connectivity index (χ4v) is 2.64. The summed E-state index contributed by atoms with van der Waals surface area (Å²) in [5, 5.41) is 0. The molecule has 0 saturated carbocycles. The Labute approximate surface area is 109 Å². The number of rotatable bonds is 3. The highest BCUT2D eigenvalue weighted by molar-refractivity contribution is 5.39. The smallest absolute Gasteiger partial charge is 0.105 e. The second kappa shape index (κ2) is 4.99. The summed E-state index contributed by atoms with van der Waals surface area (Å²) in [5.74, 6) is 0.921. The van der Waals surface area contributed by atoms with Gasteiger partial charge in [0.15, 0.2) is 0 Å². The largest absolute Gasteiger partial charge is 0.469 e. The van der Waals surface area contributed by atoms with Crippen molar-refractivity contribution in [1.29, 1.82) is 0 Å². The van der Waals surface area contributed by atoms with Crippen LogP contribution in [0.1, 0.15) is 39.6 Å². The van der Waals surface area contributed by atoms with Crippen LogP contribution in [0.2, 0.25) is 0 Å². The summed E-state index contributed by atoms with van der Waals surface area (Å²) < 4.78 is 5.32. The fourth-order valence-electron chi connectivity index (χ4n) is 2.64. The Kier molecular flexibility index (Phi) is 3.58. The molecule has 1 unspecified atom stereocenters. The average Bonchev–Trinajstić information content (AvgIpc) is 2.69. The van der Waals surface area contributed by atoms with E-state index in [2.05, 4.69) is 32.9 Å². The molecule has 2 aromatic rings. The van der Waals surface area contributed by atoms with Crippen molar-refractivity contribution in [2.45, 2.75) is 40.2 Å². The van der Waals surface area contributed by atoms with Crippen LogP contribution in [0.5, 0.6) is 0 Å². The topological polar surface area (TPSA) is 39.2 Å². The minimum atomic E-state index is 0.00357. The minimum absolute atomic E-state index is 0.00357. The molecule has 0 aliphatic heterocycles. The second-order valence-electron chi connectivity index (χ2n) is 5.12. The highest BCUT2D eigenvalue weighted by Gasteiger charge is 2.14. The molecule has 1 aromatic carbocycles. The lowest BCUT2D eigenvalue weighted by Crippen LogP contribution is -2.15. The lowest BCUT2D eigenvalue weighted by Gasteiger charge is -2.16. The predicted molar refractivity (Wildman–Crippen MR) is 74.7 cm³/mol. The van der Waals surface area contributed by atoms with Gasteiger partial charge in [-0.05, 0) is 56.9 Å². The van der Waals surface area contributed by atoms with Crippen molar-refractivity contribution in [3.8, 4) is 0 Å². The molecule has 2 rings (SSSR count). The van der Waals surface area contributed by atoms with E-state index < -0.39 is 0 Å².